The minimum Gasteiger partial charge on any atom is -0.332 e. The first-order valence-corrected chi connectivity index (χ1v) is 6.48. The Hall–Kier alpha value is -1.64. The molecule has 0 saturated carbocycles. The molecule has 1 aromatic rings. The second kappa shape index (κ2) is 4.72. The van der Waals surface area contributed by atoms with Crippen molar-refractivity contribution in [3.8, 4) is 0 Å². The molecule has 110 valence electrons. The van der Waals surface area contributed by atoms with Gasteiger partial charge in [-0.15, -0.1) is 10.2 Å². The summed E-state index contributed by atoms with van der Waals surface area (Å²) < 4.78 is 39.1. The Morgan fingerprint density at radius 1 is 1.30 bits per heavy atom. The third kappa shape index (κ3) is 2.26. The van der Waals surface area contributed by atoms with Gasteiger partial charge in [-0.25, -0.2) is 0 Å². The predicted octanol–water partition coefficient (Wildman–Crippen LogP) is 0.391. The molecule has 1 amide bonds. The van der Waals surface area contributed by atoms with Gasteiger partial charge in [-0.2, -0.15) is 13.2 Å². The minimum atomic E-state index is -4.51. The van der Waals surface area contributed by atoms with Gasteiger partial charge >= 0.3 is 6.18 Å². The summed E-state index contributed by atoms with van der Waals surface area (Å²) in [7, 11) is 0. The number of amides is 1. The van der Waals surface area contributed by atoms with Crippen LogP contribution in [0.4, 0.5) is 13.2 Å². The molecule has 6 nitrogen and oxygen atoms in total. The number of carbonyl (C=O) groups excluding carboxylic acids is 1. The van der Waals surface area contributed by atoms with Crippen LogP contribution < -0.4 is 5.32 Å². The maximum Gasteiger partial charge on any atom is 0.451 e. The van der Waals surface area contributed by atoms with E-state index < -0.39 is 12.0 Å². The molecule has 2 aliphatic rings. The van der Waals surface area contributed by atoms with Gasteiger partial charge < -0.3 is 14.8 Å². The fourth-order valence-electron chi connectivity index (χ4n) is 2.67. The summed E-state index contributed by atoms with van der Waals surface area (Å²) in [6, 6.07) is -0.216. The molecule has 0 aliphatic carbocycles. The maximum absolute atomic E-state index is 12.7. The van der Waals surface area contributed by atoms with Crippen LogP contribution in [-0.4, -0.2) is 44.7 Å². The summed E-state index contributed by atoms with van der Waals surface area (Å²) >= 11 is 0. The van der Waals surface area contributed by atoms with E-state index in [1.807, 2.05) is 0 Å². The van der Waals surface area contributed by atoms with Crippen molar-refractivity contribution >= 4 is 5.91 Å². The van der Waals surface area contributed by atoms with Crippen molar-refractivity contribution in [3.05, 3.63) is 11.6 Å². The van der Waals surface area contributed by atoms with Crippen LogP contribution in [0.15, 0.2) is 0 Å². The lowest BCUT2D eigenvalue weighted by molar-refractivity contribution is -0.148. The van der Waals surface area contributed by atoms with Gasteiger partial charge in [0.15, 0.2) is 5.82 Å². The molecule has 2 aliphatic heterocycles. The monoisotopic (exact) mass is 289 g/mol. The van der Waals surface area contributed by atoms with Crippen molar-refractivity contribution in [2.75, 3.05) is 13.1 Å². The van der Waals surface area contributed by atoms with Crippen LogP contribution in [0.5, 0.6) is 0 Å². The average Bonchev–Trinajstić information content (AvgIpc) is 3.05. The van der Waals surface area contributed by atoms with Gasteiger partial charge in [0.05, 0.1) is 12.6 Å². The molecule has 0 spiro atoms. The summed E-state index contributed by atoms with van der Waals surface area (Å²) in [6.45, 7) is 1.22. The zero-order valence-electron chi connectivity index (χ0n) is 10.7. The van der Waals surface area contributed by atoms with E-state index in [0.717, 1.165) is 24.0 Å². The molecular weight excluding hydrogens is 275 g/mol. The van der Waals surface area contributed by atoms with Gasteiger partial charge in [0.25, 0.3) is 0 Å². The number of aromatic nitrogens is 3. The smallest absolute Gasteiger partial charge is 0.332 e. The van der Waals surface area contributed by atoms with Crippen LogP contribution in [-0.2, 0) is 24.1 Å². The van der Waals surface area contributed by atoms with Crippen molar-refractivity contribution in [1.82, 2.24) is 25.0 Å². The van der Waals surface area contributed by atoms with E-state index in [4.69, 9.17) is 0 Å². The fraction of sp³-hybridized carbons (Fsp3) is 0.727. The van der Waals surface area contributed by atoms with Crippen LogP contribution in [0.3, 0.4) is 0 Å². The second-order valence-corrected chi connectivity index (χ2v) is 5.00. The highest BCUT2D eigenvalue weighted by Crippen LogP contribution is 2.29. The number of rotatable bonds is 1. The quantitative estimate of drug-likeness (QED) is 0.812. The fourth-order valence-corrected chi connectivity index (χ4v) is 2.67. The van der Waals surface area contributed by atoms with Crippen LogP contribution in [0.2, 0.25) is 0 Å². The maximum atomic E-state index is 12.7. The van der Waals surface area contributed by atoms with E-state index in [0.29, 0.717) is 0 Å². The Bertz CT molecular complexity index is 521. The number of hydrogen-bond donors (Lipinski definition) is 1. The van der Waals surface area contributed by atoms with E-state index in [9.17, 15) is 18.0 Å². The SMILES string of the molecule is O=C([C@@H]1CCCN1)N1CCn2c(nnc2C(F)(F)F)C1. The molecule has 0 radical (unpaired) electrons. The van der Waals surface area contributed by atoms with Crippen molar-refractivity contribution in [3.63, 3.8) is 0 Å². The van der Waals surface area contributed by atoms with E-state index in [2.05, 4.69) is 15.5 Å². The van der Waals surface area contributed by atoms with E-state index in [1.54, 1.807) is 4.90 Å². The molecule has 1 fully saturated rings. The minimum absolute atomic E-state index is 0.0645. The molecule has 0 aromatic carbocycles. The summed E-state index contributed by atoms with van der Waals surface area (Å²) in [5.41, 5.74) is 0. The molecule has 3 rings (SSSR count). The first kappa shape index (κ1) is 13.3. The lowest BCUT2D eigenvalue weighted by Crippen LogP contribution is -2.47. The Morgan fingerprint density at radius 3 is 2.75 bits per heavy atom. The standard InChI is InChI=1S/C11H14F3N5O/c12-11(13,14)10-17-16-8-6-18(4-5-19(8)10)9(20)7-2-1-3-15-7/h7,15H,1-6H2/t7-/m0/s1. The number of alkyl halides is 3. The van der Waals surface area contributed by atoms with Crippen LogP contribution in [0.1, 0.15) is 24.5 Å². The largest absolute Gasteiger partial charge is 0.451 e. The highest BCUT2D eigenvalue weighted by molar-refractivity contribution is 5.82. The number of nitrogens with zero attached hydrogens (tertiary/aromatic N) is 4. The third-order valence-electron chi connectivity index (χ3n) is 3.68. The predicted molar refractivity (Wildman–Crippen MR) is 61.5 cm³/mol. The number of hydrogen-bond acceptors (Lipinski definition) is 4. The molecule has 1 atom stereocenters. The highest BCUT2D eigenvalue weighted by atomic mass is 19.4. The van der Waals surface area contributed by atoms with Crippen LogP contribution in [0, 0.1) is 0 Å². The molecular formula is C11H14F3N5O. The molecule has 3 heterocycles. The van der Waals surface area contributed by atoms with Crippen molar-refractivity contribution in [2.24, 2.45) is 0 Å². The first-order chi connectivity index (χ1) is 9.47. The Morgan fingerprint density at radius 2 is 2.10 bits per heavy atom. The number of halogens is 3. The van der Waals surface area contributed by atoms with E-state index in [1.165, 1.54) is 0 Å². The Balaban J connectivity index is 1.76. The summed E-state index contributed by atoms with van der Waals surface area (Å²) in [6.07, 6.45) is -2.79. The molecule has 0 bridgehead atoms. The second-order valence-electron chi connectivity index (χ2n) is 5.00. The number of carbonyl (C=O) groups is 1. The Kier molecular flexibility index (Phi) is 3.15. The zero-order valence-corrected chi connectivity index (χ0v) is 10.7. The van der Waals surface area contributed by atoms with Gasteiger partial charge in [0.1, 0.15) is 0 Å². The lowest BCUT2D eigenvalue weighted by Gasteiger charge is -2.30. The highest BCUT2D eigenvalue weighted by Gasteiger charge is 2.40. The van der Waals surface area contributed by atoms with Gasteiger partial charge in [-0.3, -0.25) is 4.79 Å². The third-order valence-corrected chi connectivity index (χ3v) is 3.68. The average molecular weight is 289 g/mol. The van der Waals surface area contributed by atoms with Gasteiger partial charge in [-0.1, -0.05) is 0 Å². The topological polar surface area (TPSA) is 63.1 Å². The molecule has 9 heteroatoms. The van der Waals surface area contributed by atoms with Gasteiger partial charge in [0, 0.05) is 13.1 Å². The number of fused-ring (bicyclic) bond motifs is 1. The van der Waals surface area contributed by atoms with Gasteiger partial charge in [0.2, 0.25) is 11.7 Å². The zero-order chi connectivity index (χ0) is 14.3. The molecule has 1 aromatic heterocycles. The van der Waals surface area contributed by atoms with E-state index in [-0.39, 0.29) is 37.4 Å². The molecule has 0 unspecified atom stereocenters. The Labute approximate surface area is 112 Å². The van der Waals surface area contributed by atoms with E-state index >= 15 is 0 Å². The van der Waals surface area contributed by atoms with Crippen LogP contribution in [0.25, 0.3) is 0 Å². The summed E-state index contributed by atoms with van der Waals surface area (Å²) in [5.74, 6) is -0.862. The summed E-state index contributed by atoms with van der Waals surface area (Å²) in [4.78, 5) is 13.7. The van der Waals surface area contributed by atoms with Crippen molar-refractivity contribution in [2.45, 2.75) is 38.1 Å². The van der Waals surface area contributed by atoms with Crippen molar-refractivity contribution < 1.29 is 18.0 Å². The molecule has 20 heavy (non-hydrogen) atoms. The summed E-state index contributed by atoms with van der Waals surface area (Å²) in [5, 5.41) is 9.85. The molecule has 1 saturated heterocycles. The van der Waals surface area contributed by atoms with Gasteiger partial charge in [-0.05, 0) is 19.4 Å². The normalized spacial score (nSPS) is 22.9. The first-order valence-electron chi connectivity index (χ1n) is 6.48. The molecule has 1 N–H and O–H groups in total. The number of nitrogens with one attached hydrogen (secondary N) is 1. The lowest BCUT2D eigenvalue weighted by atomic mass is 10.2. The van der Waals surface area contributed by atoms with Crippen LogP contribution >= 0.6 is 0 Å². The van der Waals surface area contributed by atoms with Crippen molar-refractivity contribution in [1.29, 1.82) is 0 Å².